The molecule has 1 saturated heterocycles. The van der Waals surface area contributed by atoms with E-state index in [1.807, 2.05) is 12.1 Å². The van der Waals surface area contributed by atoms with Gasteiger partial charge in [-0.05, 0) is 36.8 Å². The largest absolute Gasteiger partial charge is 0.469 e. The molecule has 0 radical (unpaired) electrons. The number of halogens is 1. The van der Waals surface area contributed by atoms with Crippen molar-refractivity contribution in [2.45, 2.75) is 32.1 Å². The molecule has 0 aromatic carbocycles. The summed E-state index contributed by atoms with van der Waals surface area (Å²) in [5.74, 6) is 3.79. The Kier molecular flexibility index (Phi) is 8.38. The van der Waals surface area contributed by atoms with Crippen LogP contribution in [0.4, 0.5) is 0 Å². The molecule has 2 fully saturated rings. The van der Waals surface area contributed by atoms with Crippen LogP contribution >= 0.6 is 24.0 Å². The number of methoxy groups -OCH3 is 1. The molecule has 5 nitrogen and oxygen atoms in total. The van der Waals surface area contributed by atoms with E-state index in [-0.39, 0.29) is 24.0 Å². The Morgan fingerprint density at radius 2 is 2.08 bits per heavy atom. The maximum atomic E-state index is 5.40. The summed E-state index contributed by atoms with van der Waals surface area (Å²) in [5, 5.41) is 3.53. The zero-order valence-electron chi connectivity index (χ0n) is 14.6. The first-order valence-corrected chi connectivity index (χ1v) is 8.91. The van der Waals surface area contributed by atoms with Crippen LogP contribution in [0.15, 0.2) is 27.8 Å². The molecule has 1 aromatic heterocycles. The first kappa shape index (κ1) is 19.6. The van der Waals surface area contributed by atoms with Crippen LogP contribution in [0.1, 0.15) is 31.4 Å². The van der Waals surface area contributed by atoms with Gasteiger partial charge in [0.1, 0.15) is 5.76 Å². The highest BCUT2D eigenvalue weighted by Crippen LogP contribution is 2.35. The van der Waals surface area contributed by atoms with E-state index in [9.17, 15) is 0 Å². The number of fused-ring (bicyclic) bond motifs is 1. The Balaban J connectivity index is 0.00000208. The van der Waals surface area contributed by atoms with E-state index in [1.165, 1.54) is 25.7 Å². The number of nitrogens with zero attached hydrogens (tertiary/aromatic N) is 2. The van der Waals surface area contributed by atoms with Gasteiger partial charge in [0.15, 0.2) is 5.96 Å². The van der Waals surface area contributed by atoms with E-state index in [2.05, 4.69) is 10.2 Å². The van der Waals surface area contributed by atoms with Gasteiger partial charge in [-0.15, -0.1) is 24.0 Å². The second-order valence-electron chi connectivity index (χ2n) is 6.66. The fourth-order valence-corrected chi connectivity index (χ4v) is 3.84. The summed E-state index contributed by atoms with van der Waals surface area (Å²) in [6.07, 6.45) is 8.19. The molecule has 1 N–H and O–H groups in total. The summed E-state index contributed by atoms with van der Waals surface area (Å²) in [7, 11) is 1.73. The zero-order chi connectivity index (χ0) is 15.9. The van der Waals surface area contributed by atoms with Gasteiger partial charge in [-0.2, -0.15) is 0 Å². The van der Waals surface area contributed by atoms with Crippen LogP contribution in [0, 0.1) is 11.8 Å². The lowest BCUT2D eigenvalue weighted by molar-refractivity contribution is 0.207. The van der Waals surface area contributed by atoms with Crippen molar-refractivity contribution < 1.29 is 9.15 Å². The number of likely N-dealkylation sites (tertiary alicyclic amines) is 1. The highest BCUT2D eigenvalue weighted by atomic mass is 127. The summed E-state index contributed by atoms with van der Waals surface area (Å²) in [4.78, 5) is 7.20. The molecule has 0 amide bonds. The molecular weight excluding hydrogens is 417 g/mol. The third-order valence-corrected chi connectivity index (χ3v) is 5.07. The molecule has 2 aliphatic rings. The van der Waals surface area contributed by atoms with E-state index in [0.717, 1.165) is 49.6 Å². The van der Waals surface area contributed by atoms with Gasteiger partial charge in [0.2, 0.25) is 0 Å². The smallest absolute Gasteiger partial charge is 0.194 e. The van der Waals surface area contributed by atoms with Gasteiger partial charge in [0.05, 0.1) is 19.4 Å². The second-order valence-corrected chi connectivity index (χ2v) is 6.66. The summed E-state index contributed by atoms with van der Waals surface area (Å²) in [5.41, 5.74) is 0. The van der Waals surface area contributed by atoms with Crippen molar-refractivity contribution in [1.29, 1.82) is 0 Å². The minimum Gasteiger partial charge on any atom is -0.469 e. The number of hydrogen-bond acceptors (Lipinski definition) is 3. The third kappa shape index (κ3) is 5.37. The maximum absolute atomic E-state index is 5.40. The number of nitrogens with one attached hydrogen (secondary N) is 1. The second kappa shape index (κ2) is 10.3. The molecule has 0 spiro atoms. The molecule has 1 aliphatic carbocycles. The molecular formula is C18H30IN3O2. The van der Waals surface area contributed by atoms with Gasteiger partial charge in [-0.1, -0.05) is 12.8 Å². The van der Waals surface area contributed by atoms with Crippen molar-refractivity contribution >= 4 is 29.9 Å². The van der Waals surface area contributed by atoms with Crippen molar-refractivity contribution in [1.82, 2.24) is 10.2 Å². The topological polar surface area (TPSA) is 50.0 Å². The Bertz CT molecular complexity index is 478. The Hall–Kier alpha value is -0.760. The van der Waals surface area contributed by atoms with Crippen molar-refractivity contribution in [2.75, 3.05) is 39.9 Å². The number of hydrogen-bond donors (Lipinski definition) is 1. The highest BCUT2D eigenvalue weighted by molar-refractivity contribution is 14.0. The number of furan rings is 1. The molecule has 136 valence electrons. The number of guanidine groups is 1. The van der Waals surface area contributed by atoms with Crippen molar-refractivity contribution in [3.05, 3.63) is 24.2 Å². The molecule has 2 unspecified atom stereocenters. The van der Waals surface area contributed by atoms with Crippen LogP contribution < -0.4 is 5.32 Å². The van der Waals surface area contributed by atoms with Gasteiger partial charge in [0, 0.05) is 33.2 Å². The van der Waals surface area contributed by atoms with Crippen molar-refractivity contribution in [3.8, 4) is 0 Å². The summed E-state index contributed by atoms with van der Waals surface area (Å²) < 4.78 is 10.5. The van der Waals surface area contributed by atoms with Crippen LogP contribution in [-0.4, -0.2) is 50.8 Å². The maximum Gasteiger partial charge on any atom is 0.194 e. The minimum atomic E-state index is 0. The Morgan fingerprint density at radius 3 is 2.71 bits per heavy atom. The summed E-state index contributed by atoms with van der Waals surface area (Å²) in [6, 6.07) is 3.96. The molecule has 1 aromatic rings. The van der Waals surface area contributed by atoms with Crippen LogP contribution in [0.5, 0.6) is 0 Å². The lowest BCUT2D eigenvalue weighted by atomic mass is 9.82. The van der Waals surface area contributed by atoms with Crippen LogP contribution in [0.25, 0.3) is 0 Å². The summed E-state index contributed by atoms with van der Waals surface area (Å²) >= 11 is 0. The third-order valence-electron chi connectivity index (χ3n) is 5.07. The van der Waals surface area contributed by atoms with Gasteiger partial charge in [0.25, 0.3) is 0 Å². The predicted octanol–water partition coefficient (Wildman–Crippen LogP) is 3.15. The fraction of sp³-hybridized carbons (Fsp3) is 0.722. The van der Waals surface area contributed by atoms with Gasteiger partial charge < -0.3 is 19.4 Å². The average molecular weight is 447 g/mol. The molecule has 24 heavy (non-hydrogen) atoms. The van der Waals surface area contributed by atoms with E-state index in [0.29, 0.717) is 13.2 Å². The van der Waals surface area contributed by atoms with E-state index in [4.69, 9.17) is 14.1 Å². The normalized spacial score (nSPS) is 23.7. The van der Waals surface area contributed by atoms with Crippen LogP contribution in [0.2, 0.25) is 0 Å². The minimum absolute atomic E-state index is 0. The highest BCUT2D eigenvalue weighted by Gasteiger charge is 2.35. The molecule has 6 heteroatoms. The monoisotopic (exact) mass is 447 g/mol. The molecule has 0 bridgehead atoms. The van der Waals surface area contributed by atoms with Gasteiger partial charge >= 0.3 is 0 Å². The number of ether oxygens (including phenoxy) is 1. The average Bonchev–Trinajstić information content (AvgIpc) is 3.22. The van der Waals surface area contributed by atoms with E-state index >= 15 is 0 Å². The Labute approximate surface area is 162 Å². The Morgan fingerprint density at radius 1 is 1.33 bits per heavy atom. The van der Waals surface area contributed by atoms with Crippen molar-refractivity contribution in [2.24, 2.45) is 16.8 Å². The summed E-state index contributed by atoms with van der Waals surface area (Å²) in [6.45, 7) is 4.55. The SMILES string of the molecule is COCCN=C(NCCc1ccco1)N1CC2CCCCC2C1.I. The quantitative estimate of drug-likeness (QED) is 0.315. The predicted molar refractivity (Wildman–Crippen MR) is 107 cm³/mol. The first-order chi connectivity index (χ1) is 11.4. The zero-order valence-corrected chi connectivity index (χ0v) is 16.9. The molecule has 3 rings (SSSR count). The van der Waals surface area contributed by atoms with Gasteiger partial charge in [-0.25, -0.2) is 0 Å². The first-order valence-electron chi connectivity index (χ1n) is 8.91. The number of aliphatic imine (C=N–C) groups is 1. The van der Waals surface area contributed by atoms with E-state index < -0.39 is 0 Å². The van der Waals surface area contributed by atoms with Gasteiger partial charge in [-0.3, -0.25) is 4.99 Å². The molecule has 1 aliphatic heterocycles. The standard InChI is InChI=1S/C18H29N3O2.HI/c1-22-12-10-20-18(19-9-8-17-7-4-11-23-17)21-13-15-5-2-3-6-16(15)14-21;/h4,7,11,15-16H,2-3,5-6,8-10,12-14H2,1H3,(H,19,20);1H. The lowest BCUT2D eigenvalue weighted by Gasteiger charge is -2.22. The van der Waals surface area contributed by atoms with Crippen molar-refractivity contribution in [3.63, 3.8) is 0 Å². The molecule has 2 atom stereocenters. The van der Waals surface area contributed by atoms with Crippen LogP contribution in [-0.2, 0) is 11.2 Å². The molecule has 2 heterocycles. The van der Waals surface area contributed by atoms with E-state index in [1.54, 1.807) is 13.4 Å². The number of rotatable bonds is 6. The lowest BCUT2D eigenvalue weighted by Crippen LogP contribution is -2.41. The molecule has 1 saturated carbocycles. The van der Waals surface area contributed by atoms with Crippen LogP contribution in [0.3, 0.4) is 0 Å². The fourth-order valence-electron chi connectivity index (χ4n) is 3.84.